The number of piperidine rings is 1. The molecular weight excluding hydrogens is 238 g/mol. The number of benzene rings is 2. The smallest absolute Gasteiger partial charge is 0.253 e. The molecule has 1 aliphatic rings. The molecule has 3 heteroatoms. The number of fused-ring (bicyclic) bond motifs is 1. The van der Waals surface area contributed by atoms with Crippen LogP contribution in [-0.2, 0) is 0 Å². The number of hydrogen-bond acceptors (Lipinski definition) is 2. The molecule has 1 aliphatic heterocycles. The molecule has 3 rings (SSSR count). The first kappa shape index (κ1) is 12.2. The molecule has 0 aromatic heterocycles. The average Bonchev–Trinajstić information content (AvgIpc) is 2.46. The molecule has 1 N–H and O–H groups in total. The van der Waals surface area contributed by atoms with Gasteiger partial charge in [-0.15, -0.1) is 0 Å². The van der Waals surface area contributed by atoms with Crippen molar-refractivity contribution in [1.82, 2.24) is 4.90 Å². The van der Waals surface area contributed by atoms with Crippen LogP contribution in [0.4, 0.5) is 0 Å². The summed E-state index contributed by atoms with van der Waals surface area (Å²) in [4.78, 5) is 14.2. The first-order valence-electron chi connectivity index (χ1n) is 6.70. The third-order valence-electron chi connectivity index (χ3n) is 3.68. The SMILES string of the molecule is O=C(c1ccc2ccccc2c1)N1CCCC(O)C1. The van der Waals surface area contributed by atoms with Gasteiger partial charge in [0.2, 0.25) is 0 Å². The maximum Gasteiger partial charge on any atom is 0.253 e. The number of hydrogen-bond donors (Lipinski definition) is 1. The molecule has 1 unspecified atom stereocenters. The van der Waals surface area contributed by atoms with E-state index in [-0.39, 0.29) is 12.0 Å². The Balaban J connectivity index is 1.88. The van der Waals surface area contributed by atoms with Gasteiger partial charge in [0.15, 0.2) is 0 Å². The van der Waals surface area contributed by atoms with E-state index in [1.807, 2.05) is 42.5 Å². The molecule has 0 aliphatic carbocycles. The largest absolute Gasteiger partial charge is 0.391 e. The average molecular weight is 255 g/mol. The van der Waals surface area contributed by atoms with Crippen LogP contribution in [0.5, 0.6) is 0 Å². The quantitative estimate of drug-likeness (QED) is 0.850. The maximum absolute atomic E-state index is 12.4. The fraction of sp³-hybridized carbons (Fsp3) is 0.312. The molecule has 1 heterocycles. The highest BCUT2D eigenvalue weighted by atomic mass is 16.3. The molecule has 0 saturated carbocycles. The summed E-state index contributed by atoms with van der Waals surface area (Å²) in [5, 5.41) is 11.9. The van der Waals surface area contributed by atoms with Gasteiger partial charge < -0.3 is 10.0 Å². The van der Waals surface area contributed by atoms with Gasteiger partial charge in [-0.2, -0.15) is 0 Å². The molecule has 1 saturated heterocycles. The molecule has 0 bridgehead atoms. The zero-order valence-electron chi connectivity index (χ0n) is 10.7. The highest BCUT2D eigenvalue weighted by Crippen LogP contribution is 2.19. The zero-order chi connectivity index (χ0) is 13.2. The minimum atomic E-state index is -0.377. The van der Waals surface area contributed by atoms with Crippen LogP contribution in [0.25, 0.3) is 10.8 Å². The second-order valence-corrected chi connectivity index (χ2v) is 5.11. The molecular formula is C16H17NO2. The van der Waals surface area contributed by atoms with Crippen molar-refractivity contribution in [3.8, 4) is 0 Å². The molecule has 3 nitrogen and oxygen atoms in total. The summed E-state index contributed by atoms with van der Waals surface area (Å²) >= 11 is 0. The molecule has 0 spiro atoms. The summed E-state index contributed by atoms with van der Waals surface area (Å²) in [5.74, 6) is 0.0181. The summed E-state index contributed by atoms with van der Waals surface area (Å²) < 4.78 is 0. The third kappa shape index (κ3) is 2.47. The molecule has 98 valence electrons. The van der Waals surface area contributed by atoms with Crippen LogP contribution in [0.15, 0.2) is 42.5 Å². The number of nitrogens with zero attached hydrogens (tertiary/aromatic N) is 1. The normalized spacial score (nSPS) is 19.6. The van der Waals surface area contributed by atoms with Gasteiger partial charge >= 0.3 is 0 Å². The maximum atomic E-state index is 12.4. The van der Waals surface area contributed by atoms with E-state index in [2.05, 4.69) is 0 Å². The summed E-state index contributed by atoms with van der Waals surface area (Å²) in [6.45, 7) is 1.19. The fourth-order valence-corrected chi connectivity index (χ4v) is 2.64. The number of amides is 1. The van der Waals surface area contributed by atoms with Crippen molar-refractivity contribution in [2.24, 2.45) is 0 Å². The van der Waals surface area contributed by atoms with Crippen LogP contribution < -0.4 is 0 Å². The van der Waals surface area contributed by atoms with Crippen LogP contribution in [0, 0.1) is 0 Å². The van der Waals surface area contributed by atoms with E-state index in [1.54, 1.807) is 4.90 Å². The Bertz CT molecular complexity index is 608. The summed E-state index contributed by atoms with van der Waals surface area (Å²) in [6, 6.07) is 13.8. The number of aliphatic hydroxyl groups excluding tert-OH is 1. The van der Waals surface area contributed by atoms with Crippen LogP contribution in [0.2, 0.25) is 0 Å². The van der Waals surface area contributed by atoms with Gasteiger partial charge in [0.05, 0.1) is 6.10 Å². The lowest BCUT2D eigenvalue weighted by Gasteiger charge is -2.30. The number of likely N-dealkylation sites (tertiary alicyclic amines) is 1. The van der Waals surface area contributed by atoms with Gasteiger partial charge in [0.1, 0.15) is 0 Å². The van der Waals surface area contributed by atoms with Gasteiger partial charge in [0.25, 0.3) is 5.91 Å². The molecule has 1 amide bonds. The number of aliphatic hydroxyl groups is 1. The first-order valence-corrected chi connectivity index (χ1v) is 6.70. The number of β-amino-alcohol motifs (C(OH)–C–C–N with tert-alkyl or cyclic N) is 1. The Morgan fingerprint density at radius 3 is 2.74 bits per heavy atom. The van der Waals surface area contributed by atoms with Crippen molar-refractivity contribution >= 4 is 16.7 Å². The fourth-order valence-electron chi connectivity index (χ4n) is 2.64. The molecule has 0 radical (unpaired) electrons. The predicted octanol–water partition coefficient (Wildman–Crippen LogP) is 2.44. The molecule has 1 atom stereocenters. The molecule has 1 fully saturated rings. The van der Waals surface area contributed by atoms with Gasteiger partial charge in [0, 0.05) is 18.7 Å². The number of carbonyl (C=O) groups excluding carboxylic acids is 1. The molecule has 2 aromatic carbocycles. The predicted molar refractivity (Wildman–Crippen MR) is 75.1 cm³/mol. The lowest BCUT2D eigenvalue weighted by atomic mass is 10.0. The lowest BCUT2D eigenvalue weighted by Crippen LogP contribution is -2.42. The lowest BCUT2D eigenvalue weighted by molar-refractivity contribution is 0.0474. The van der Waals surface area contributed by atoms with E-state index in [0.29, 0.717) is 12.1 Å². The molecule has 19 heavy (non-hydrogen) atoms. The van der Waals surface area contributed by atoms with E-state index in [0.717, 1.165) is 30.2 Å². The summed E-state index contributed by atoms with van der Waals surface area (Å²) in [5.41, 5.74) is 0.702. The zero-order valence-corrected chi connectivity index (χ0v) is 10.7. The van der Waals surface area contributed by atoms with Gasteiger partial charge in [-0.25, -0.2) is 0 Å². The van der Waals surface area contributed by atoms with E-state index in [1.165, 1.54) is 0 Å². The highest BCUT2D eigenvalue weighted by Gasteiger charge is 2.22. The van der Waals surface area contributed by atoms with E-state index in [4.69, 9.17) is 0 Å². The van der Waals surface area contributed by atoms with E-state index >= 15 is 0 Å². The van der Waals surface area contributed by atoms with Crippen molar-refractivity contribution in [2.45, 2.75) is 18.9 Å². The first-order chi connectivity index (χ1) is 9.24. The monoisotopic (exact) mass is 255 g/mol. The number of rotatable bonds is 1. The van der Waals surface area contributed by atoms with Crippen molar-refractivity contribution < 1.29 is 9.90 Å². The standard InChI is InChI=1S/C16H17NO2/c18-15-6-3-9-17(11-15)16(19)14-8-7-12-4-1-2-5-13(12)10-14/h1-2,4-5,7-8,10,15,18H,3,6,9,11H2. The van der Waals surface area contributed by atoms with Gasteiger partial charge in [-0.3, -0.25) is 4.79 Å². The van der Waals surface area contributed by atoms with Crippen molar-refractivity contribution in [2.75, 3.05) is 13.1 Å². The molecule has 2 aromatic rings. The third-order valence-corrected chi connectivity index (χ3v) is 3.68. The van der Waals surface area contributed by atoms with E-state index < -0.39 is 0 Å². The number of carbonyl (C=O) groups is 1. The Morgan fingerprint density at radius 2 is 1.95 bits per heavy atom. The minimum Gasteiger partial charge on any atom is -0.391 e. The summed E-state index contributed by atoms with van der Waals surface area (Å²) in [7, 11) is 0. The Labute approximate surface area is 112 Å². The second-order valence-electron chi connectivity index (χ2n) is 5.11. The Hall–Kier alpha value is -1.87. The van der Waals surface area contributed by atoms with Crippen molar-refractivity contribution in [1.29, 1.82) is 0 Å². The highest BCUT2D eigenvalue weighted by molar-refractivity contribution is 5.98. The Morgan fingerprint density at radius 1 is 1.16 bits per heavy atom. The van der Waals surface area contributed by atoms with Crippen molar-refractivity contribution in [3.63, 3.8) is 0 Å². The van der Waals surface area contributed by atoms with Gasteiger partial charge in [-0.05, 0) is 35.7 Å². The summed E-state index contributed by atoms with van der Waals surface area (Å²) in [6.07, 6.45) is 1.29. The van der Waals surface area contributed by atoms with Crippen LogP contribution in [0.3, 0.4) is 0 Å². The second kappa shape index (κ2) is 5.02. The van der Waals surface area contributed by atoms with Crippen molar-refractivity contribution in [3.05, 3.63) is 48.0 Å². The minimum absolute atomic E-state index is 0.0181. The van der Waals surface area contributed by atoms with Gasteiger partial charge in [-0.1, -0.05) is 30.3 Å². The van der Waals surface area contributed by atoms with Crippen LogP contribution in [0.1, 0.15) is 23.2 Å². The Kier molecular flexibility index (Phi) is 3.22. The topological polar surface area (TPSA) is 40.5 Å². The van der Waals surface area contributed by atoms with Crippen LogP contribution in [-0.4, -0.2) is 35.1 Å². The van der Waals surface area contributed by atoms with Crippen LogP contribution >= 0.6 is 0 Å². The van der Waals surface area contributed by atoms with E-state index in [9.17, 15) is 9.90 Å².